The van der Waals surface area contributed by atoms with Crippen LogP contribution in [0.3, 0.4) is 0 Å². The fourth-order valence-electron chi connectivity index (χ4n) is 1.90. The number of nitrogens with one attached hydrogen (secondary N) is 1. The minimum atomic E-state index is -3.69. The molecule has 0 saturated carbocycles. The van der Waals surface area contributed by atoms with Crippen molar-refractivity contribution < 1.29 is 8.42 Å². The Hall–Kier alpha value is -1.31. The normalized spacial score (nSPS) is 11.9. The maximum atomic E-state index is 12.2. The molecule has 2 rings (SSSR count). The average molecular weight is 359 g/mol. The van der Waals surface area contributed by atoms with Gasteiger partial charge >= 0.3 is 0 Å². The van der Waals surface area contributed by atoms with Gasteiger partial charge in [0.15, 0.2) is 6.78 Å². The molecule has 0 saturated heterocycles. The van der Waals surface area contributed by atoms with Gasteiger partial charge in [-0.05, 0) is 12.1 Å². The van der Waals surface area contributed by atoms with E-state index in [9.17, 15) is 8.42 Å². The Morgan fingerprint density at radius 2 is 1.81 bits per heavy atom. The highest BCUT2D eigenvalue weighted by Gasteiger charge is 2.16. The topological polar surface area (TPSA) is 70.0 Å². The smallest absolute Gasteiger partial charge is 0.201 e. The zero-order chi connectivity index (χ0) is 15.5. The molecule has 0 fully saturated rings. The van der Waals surface area contributed by atoms with E-state index in [0.29, 0.717) is 16.5 Å². The molecule has 2 aromatic rings. The van der Waals surface area contributed by atoms with Crippen molar-refractivity contribution in [1.82, 2.24) is 0 Å². The molecule has 1 N–H and O–H groups in total. The minimum Gasteiger partial charge on any atom is -0.339 e. The number of allylic oxidation sites excluding steroid dienone is 1. The first-order chi connectivity index (χ1) is 9.95. The lowest BCUT2D eigenvalue weighted by atomic mass is 10.1. The van der Waals surface area contributed by atoms with Gasteiger partial charge in [-0.2, -0.15) is 5.26 Å². The summed E-state index contributed by atoms with van der Waals surface area (Å²) in [6.45, 7) is -1.41. The first kappa shape index (κ1) is 16.1. The van der Waals surface area contributed by atoms with Crippen molar-refractivity contribution in [3.8, 4) is 6.07 Å². The summed E-state index contributed by atoms with van der Waals surface area (Å²) < 4.78 is 24.5. The van der Waals surface area contributed by atoms with Crippen molar-refractivity contribution in [2.75, 3.05) is 5.09 Å². The summed E-state index contributed by atoms with van der Waals surface area (Å²) in [4.78, 5) is 0.128. The molecule has 21 heavy (non-hydrogen) atoms. The maximum absolute atomic E-state index is 12.2. The zero-order valence-electron chi connectivity index (χ0n) is 10.5. The van der Waals surface area contributed by atoms with Crippen LogP contribution in [0.15, 0.2) is 52.8 Å². The molecule has 108 valence electrons. The maximum Gasteiger partial charge on any atom is 0.201 e. The van der Waals surface area contributed by atoms with Gasteiger partial charge in [0.1, 0.15) is 0 Å². The van der Waals surface area contributed by atoms with Crippen molar-refractivity contribution >= 4 is 55.6 Å². The summed E-state index contributed by atoms with van der Waals surface area (Å²) in [5.74, 6) is 0. The lowest BCUT2D eigenvalue weighted by Crippen LogP contribution is -1.98. The van der Waals surface area contributed by atoms with Gasteiger partial charge in [0.2, 0.25) is 9.84 Å². The number of benzene rings is 2. The van der Waals surface area contributed by atoms with E-state index < -0.39 is 16.6 Å². The molecule has 0 spiro atoms. The first-order valence-corrected chi connectivity index (χ1v) is 10.4. The Balaban J connectivity index is 2.69. The van der Waals surface area contributed by atoms with E-state index in [1.165, 1.54) is 6.07 Å². The van der Waals surface area contributed by atoms with E-state index in [4.69, 9.17) is 27.7 Å². The van der Waals surface area contributed by atoms with Crippen LogP contribution in [0.2, 0.25) is 0 Å². The molecule has 8 heteroatoms. The highest BCUT2D eigenvalue weighted by molar-refractivity contribution is 8.04. The number of rotatable bonds is 4. The van der Waals surface area contributed by atoms with Gasteiger partial charge in [0.25, 0.3) is 0 Å². The summed E-state index contributed by atoms with van der Waals surface area (Å²) in [6, 6.07) is 11.7. The minimum absolute atomic E-state index is 0.128. The van der Waals surface area contributed by atoms with Gasteiger partial charge in [0.05, 0.1) is 11.0 Å². The zero-order valence-corrected chi connectivity index (χ0v) is 13.7. The molecule has 0 aliphatic heterocycles. The second kappa shape index (κ2) is 6.64. The molecular weight excluding hydrogens is 350 g/mol. The molecular formula is C13H9Cl2N2O2PS. The Labute approximate surface area is 133 Å². The molecule has 0 aliphatic carbocycles. The van der Waals surface area contributed by atoms with Crippen molar-refractivity contribution in [2.45, 2.75) is 4.90 Å². The van der Waals surface area contributed by atoms with Crippen LogP contribution in [0.4, 0.5) is 5.69 Å². The molecule has 0 amide bonds. The highest BCUT2D eigenvalue weighted by Crippen LogP contribution is 2.47. The number of hydrogen-bond donors (Lipinski definition) is 1. The van der Waals surface area contributed by atoms with Crippen LogP contribution in [-0.4, -0.2) is 8.42 Å². The molecule has 0 atom stereocenters. The van der Waals surface area contributed by atoms with Crippen LogP contribution in [0.1, 0.15) is 0 Å². The average Bonchev–Trinajstić information content (AvgIpc) is 2.45. The third-order valence-corrected chi connectivity index (χ3v) is 5.10. The van der Waals surface area contributed by atoms with Crippen LogP contribution >= 0.6 is 29.3 Å². The molecule has 0 aliphatic rings. The van der Waals surface area contributed by atoms with E-state index in [1.54, 1.807) is 36.4 Å². The van der Waals surface area contributed by atoms with Crippen LogP contribution < -0.4 is 5.09 Å². The van der Waals surface area contributed by atoms with Gasteiger partial charge in [-0.3, -0.25) is 0 Å². The molecule has 4 nitrogen and oxygen atoms in total. The summed E-state index contributed by atoms with van der Waals surface area (Å²) in [5, 5.41) is 13.5. The van der Waals surface area contributed by atoms with Crippen LogP contribution in [0, 0.1) is 11.3 Å². The second-order valence-electron chi connectivity index (χ2n) is 3.98. The molecule has 0 radical (unpaired) electrons. The number of nitriles is 1. The Kier molecular flexibility index (Phi) is 5.08. The van der Waals surface area contributed by atoms with Crippen molar-refractivity contribution in [2.24, 2.45) is 0 Å². The third-order valence-electron chi connectivity index (χ3n) is 2.72. The third kappa shape index (κ3) is 3.66. The molecule has 2 aromatic carbocycles. The van der Waals surface area contributed by atoms with E-state index in [0.717, 1.165) is 11.5 Å². The summed E-state index contributed by atoms with van der Waals surface area (Å²) in [6.07, 6.45) is 0.938. The number of anilines is 1. The fraction of sp³-hybridized carbons (Fsp3) is 0. The van der Waals surface area contributed by atoms with E-state index in [2.05, 4.69) is 5.09 Å². The monoisotopic (exact) mass is 358 g/mol. The molecule has 0 bridgehead atoms. The Morgan fingerprint density at radius 3 is 2.43 bits per heavy atom. The largest absolute Gasteiger partial charge is 0.339 e. The predicted octanol–water partition coefficient (Wildman–Crippen LogP) is 4.77. The molecule has 0 heterocycles. The number of nitrogens with zero attached hydrogens (tertiary/aromatic N) is 1. The lowest BCUT2D eigenvalue weighted by Gasteiger charge is -2.12. The first-order valence-electron chi connectivity index (χ1n) is 5.67. The SMILES string of the molecule is N#CC=CS(=O)(=O)c1ccc(NP(Cl)Cl)c2ccccc12. The summed E-state index contributed by atoms with van der Waals surface area (Å²) >= 11 is 11.5. The lowest BCUT2D eigenvalue weighted by molar-refractivity contribution is 0.605. The van der Waals surface area contributed by atoms with Gasteiger partial charge < -0.3 is 5.09 Å². The molecule has 0 aromatic heterocycles. The summed E-state index contributed by atoms with van der Waals surface area (Å²) in [7, 11) is -3.69. The quantitative estimate of drug-likeness (QED) is 0.631. The predicted molar refractivity (Wildman–Crippen MR) is 88.1 cm³/mol. The Morgan fingerprint density at radius 1 is 1.14 bits per heavy atom. The van der Waals surface area contributed by atoms with E-state index in [1.807, 2.05) is 0 Å². The van der Waals surface area contributed by atoms with Crippen molar-refractivity contribution in [1.29, 1.82) is 5.26 Å². The standard InChI is InChI=1S/C13H9Cl2N2O2PS/c14-20(15)17-12-6-7-13(21(18,19)9-3-8-16)11-5-2-1-4-10(11)12/h1-7,9,17H. The van der Waals surface area contributed by atoms with Crippen LogP contribution in [-0.2, 0) is 9.84 Å². The van der Waals surface area contributed by atoms with Crippen molar-refractivity contribution in [3.63, 3.8) is 0 Å². The van der Waals surface area contributed by atoms with Gasteiger partial charge in [-0.25, -0.2) is 8.42 Å². The van der Waals surface area contributed by atoms with Crippen LogP contribution in [0.5, 0.6) is 0 Å². The van der Waals surface area contributed by atoms with Gasteiger partial charge in [-0.1, -0.05) is 46.7 Å². The number of halogens is 2. The molecule has 0 unspecified atom stereocenters. The number of sulfone groups is 1. The number of fused-ring (bicyclic) bond motifs is 1. The second-order valence-corrected chi connectivity index (χ2v) is 9.02. The van der Waals surface area contributed by atoms with E-state index in [-0.39, 0.29) is 4.90 Å². The number of hydrogen-bond acceptors (Lipinski definition) is 4. The van der Waals surface area contributed by atoms with Gasteiger partial charge in [-0.15, -0.1) is 0 Å². The van der Waals surface area contributed by atoms with Crippen molar-refractivity contribution in [3.05, 3.63) is 47.9 Å². The van der Waals surface area contributed by atoms with Crippen LogP contribution in [0.25, 0.3) is 10.8 Å². The summed E-state index contributed by atoms with van der Waals surface area (Å²) in [5.41, 5.74) is 0.657. The fourth-order valence-corrected chi connectivity index (χ4v) is 3.95. The van der Waals surface area contributed by atoms with Gasteiger partial charge in [0, 0.05) is 27.9 Å². The highest BCUT2D eigenvalue weighted by atomic mass is 35.9. The Bertz CT molecular complexity index is 845. The van der Waals surface area contributed by atoms with E-state index >= 15 is 0 Å².